The van der Waals surface area contributed by atoms with Crippen molar-refractivity contribution in [2.24, 2.45) is 0 Å². The maximum Gasteiger partial charge on any atom is 0.347 e. The highest BCUT2D eigenvalue weighted by Crippen LogP contribution is 2.26. The van der Waals surface area contributed by atoms with Crippen molar-refractivity contribution in [3.05, 3.63) is 39.3 Å². The van der Waals surface area contributed by atoms with Crippen LogP contribution in [0.3, 0.4) is 0 Å². The lowest BCUT2D eigenvalue weighted by molar-refractivity contribution is 0.0701. The van der Waals surface area contributed by atoms with Gasteiger partial charge in [0.25, 0.3) is 0 Å². The summed E-state index contributed by atoms with van der Waals surface area (Å²) in [6.07, 6.45) is 1.52. The zero-order valence-corrected chi connectivity index (χ0v) is 9.17. The largest absolute Gasteiger partial charge is 0.477 e. The standard InChI is InChI=1S/C10H8N2O3S/c1-5-8(10(14)15)16-9(12-5)6-2-3-7(13)11-4-6/h2-4H,1H3,(H,11,13)(H,14,15). The van der Waals surface area contributed by atoms with E-state index in [-0.39, 0.29) is 10.4 Å². The number of nitrogens with one attached hydrogen (secondary N) is 1. The molecule has 16 heavy (non-hydrogen) atoms. The number of pyridine rings is 1. The number of thiazole rings is 1. The number of aromatic carboxylic acids is 1. The molecule has 2 heterocycles. The quantitative estimate of drug-likeness (QED) is 0.827. The van der Waals surface area contributed by atoms with Gasteiger partial charge in [0.05, 0.1) is 5.69 Å². The molecule has 0 unspecified atom stereocenters. The third-order valence-corrected chi connectivity index (χ3v) is 3.22. The Labute approximate surface area is 94.4 Å². The Kier molecular flexibility index (Phi) is 2.57. The second kappa shape index (κ2) is 3.90. The SMILES string of the molecule is Cc1nc(-c2ccc(=O)[nH]c2)sc1C(=O)O. The van der Waals surface area contributed by atoms with Gasteiger partial charge in [0.15, 0.2) is 0 Å². The van der Waals surface area contributed by atoms with E-state index < -0.39 is 5.97 Å². The molecule has 0 fully saturated rings. The highest BCUT2D eigenvalue weighted by molar-refractivity contribution is 7.17. The maximum atomic E-state index is 10.9. The van der Waals surface area contributed by atoms with E-state index in [0.29, 0.717) is 16.3 Å². The van der Waals surface area contributed by atoms with Crippen molar-refractivity contribution < 1.29 is 9.90 Å². The Morgan fingerprint density at radius 1 is 1.50 bits per heavy atom. The summed E-state index contributed by atoms with van der Waals surface area (Å²) >= 11 is 1.09. The van der Waals surface area contributed by atoms with Gasteiger partial charge in [-0.1, -0.05) is 0 Å². The first-order valence-electron chi connectivity index (χ1n) is 4.48. The van der Waals surface area contributed by atoms with Gasteiger partial charge in [-0.2, -0.15) is 0 Å². The van der Waals surface area contributed by atoms with Crippen molar-refractivity contribution in [1.29, 1.82) is 0 Å². The molecule has 5 nitrogen and oxygen atoms in total. The third kappa shape index (κ3) is 1.87. The van der Waals surface area contributed by atoms with Gasteiger partial charge >= 0.3 is 5.97 Å². The minimum absolute atomic E-state index is 0.199. The molecule has 0 aliphatic rings. The number of carboxylic acid groups (broad SMARTS) is 1. The van der Waals surface area contributed by atoms with Crippen LogP contribution in [0.1, 0.15) is 15.4 Å². The van der Waals surface area contributed by atoms with Crippen LogP contribution in [0.2, 0.25) is 0 Å². The van der Waals surface area contributed by atoms with Gasteiger partial charge in [0.1, 0.15) is 9.88 Å². The summed E-state index contributed by atoms with van der Waals surface area (Å²) in [7, 11) is 0. The molecule has 0 spiro atoms. The predicted molar refractivity (Wildman–Crippen MR) is 59.9 cm³/mol. The van der Waals surface area contributed by atoms with Gasteiger partial charge in [-0.25, -0.2) is 9.78 Å². The summed E-state index contributed by atoms with van der Waals surface area (Å²) < 4.78 is 0. The average molecular weight is 236 g/mol. The number of carbonyl (C=O) groups is 1. The second-order valence-corrected chi connectivity index (χ2v) is 4.18. The summed E-state index contributed by atoms with van der Waals surface area (Å²) in [6, 6.07) is 3.00. The van der Waals surface area contributed by atoms with E-state index in [1.165, 1.54) is 12.3 Å². The molecule has 2 rings (SSSR count). The van der Waals surface area contributed by atoms with E-state index >= 15 is 0 Å². The number of hydrogen-bond donors (Lipinski definition) is 2. The molecule has 0 aliphatic heterocycles. The van der Waals surface area contributed by atoms with Crippen LogP contribution in [0.15, 0.2) is 23.1 Å². The Morgan fingerprint density at radius 3 is 2.75 bits per heavy atom. The normalized spacial score (nSPS) is 10.3. The number of H-pyrrole nitrogens is 1. The monoisotopic (exact) mass is 236 g/mol. The molecular weight excluding hydrogens is 228 g/mol. The van der Waals surface area contributed by atoms with Crippen LogP contribution in [0.5, 0.6) is 0 Å². The first-order chi connectivity index (χ1) is 7.58. The van der Waals surface area contributed by atoms with Crippen molar-refractivity contribution in [2.75, 3.05) is 0 Å². The van der Waals surface area contributed by atoms with Gasteiger partial charge < -0.3 is 10.1 Å². The fourth-order valence-corrected chi connectivity index (χ4v) is 2.16. The first-order valence-corrected chi connectivity index (χ1v) is 5.29. The fraction of sp³-hybridized carbons (Fsp3) is 0.100. The summed E-state index contributed by atoms with van der Waals surface area (Å²) in [4.78, 5) is 28.6. The van der Waals surface area contributed by atoms with Crippen LogP contribution in [0.25, 0.3) is 10.6 Å². The van der Waals surface area contributed by atoms with E-state index in [4.69, 9.17) is 5.11 Å². The van der Waals surface area contributed by atoms with Crippen LogP contribution < -0.4 is 5.56 Å². The van der Waals surface area contributed by atoms with Crippen LogP contribution in [-0.2, 0) is 0 Å². The molecule has 6 heteroatoms. The number of rotatable bonds is 2. The topological polar surface area (TPSA) is 83.0 Å². The molecule has 2 aromatic rings. The van der Waals surface area contributed by atoms with Gasteiger partial charge in [0.2, 0.25) is 5.56 Å². The molecule has 82 valence electrons. The summed E-state index contributed by atoms with van der Waals surface area (Å²) in [5, 5.41) is 9.47. The van der Waals surface area contributed by atoms with Crippen molar-refractivity contribution >= 4 is 17.3 Å². The van der Waals surface area contributed by atoms with Gasteiger partial charge in [-0.3, -0.25) is 4.79 Å². The van der Waals surface area contributed by atoms with Crippen LogP contribution in [-0.4, -0.2) is 21.0 Å². The van der Waals surface area contributed by atoms with E-state index in [1.807, 2.05) is 0 Å². The van der Waals surface area contributed by atoms with Crippen LogP contribution in [0.4, 0.5) is 0 Å². The number of nitrogens with zero attached hydrogens (tertiary/aromatic N) is 1. The Balaban J connectivity index is 2.49. The summed E-state index contributed by atoms with van der Waals surface area (Å²) in [6.45, 7) is 1.65. The van der Waals surface area contributed by atoms with Crippen molar-refractivity contribution in [2.45, 2.75) is 6.92 Å². The van der Waals surface area contributed by atoms with Crippen molar-refractivity contribution in [1.82, 2.24) is 9.97 Å². The lowest BCUT2D eigenvalue weighted by Crippen LogP contribution is -2.01. The molecule has 0 saturated carbocycles. The molecular formula is C10H8N2O3S. The lowest BCUT2D eigenvalue weighted by Gasteiger charge is -1.92. The number of hydrogen-bond acceptors (Lipinski definition) is 4. The van der Waals surface area contributed by atoms with Crippen LogP contribution in [0, 0.1) is 6.92 Å². The zero-order valence-electron chi connectivity index (χ0n) is 8.35. The number of aromatic amines is 1. The molecule has 0 saturated heterocycles. The molecule has 0 atom stereocenters. The number of aromatic nitrogens is 2. The minimum Gasteiger partial charge on any atom is -0.477 e. The minimum atomic E-state index is -0.981. The van der Waals surface area contributed by atoms with Crippen LogP contribution >= 0.6 is 11.3 Å². The molecule has 0 amide bonds. The summed E-state index contributed by atoms with van der Waals surface area (Å²) in [5.74, 6) is -0.981. The molecule has 2 aromatic heterocycles. The molecule has 2 N–H and O–H groups in total. The number of carboxylic acids is 1. The Hall–Kier alpha value is -1.95. The molecule has 0 aliphatic carbocycles. The Bertz CT molecular complexity index is 580. The van der Waals surface area contributed by atoms with E-state index in [1.54, 1.807) is 13.0 Å². The molecule has 0 bridgehead atoms. The van der Waals surface area contributed by atoms with E-state index in [0.717, 1.165) is 11.3 Å². The molecule has 0 aromatic carbocycles. The smallest absolute Gasteiger partial charge is 0.347 e. The lowest BCUT2D eigenvalue weighted by atomic mass is 10.3. The Morgan fingerprint density at radius 2 is 2.25 bits per heavy atom. The van der Waals surface area contributed by atoms with Gasteiger partial charge in [-0.15, -0.1) is 11.3 Å². The molecule has 0 radical (unpaired) electrons. The summed E-state index contributed by atoms with van der Waals surface area (Å²) in [5.41, 5.74) is 0.995. The average Bonchev–Trinajstić information content (AvgIpc) is 2.61. The third-order valence-electron chi connectivity index (χ3n) is 2.02. The predicted octanol–water partition coefficient (Wildman–Crippen LogP) is 1.51. The maximum absolute atomic E-state index is 10.9. The van der Waals surface area contributed by atoms with Crippen molar-refractivity contribution in [3.8, 4) is 10.6 Å². The highest BCUT2D eigenvalue weighted by Gasteiger charge is 2.14. The fourth-order valence-electron chi connectivity index (χ4n) is 1.26. The van der Waals surface area contributed by atoms with E-state index in [9.17, 15) is 9.59 Å². The number of aryl methyl sites for hydroxylation is 1. The van der Waals surface area contributed by atoms with Gasteiger partial charge in [-0.05, 0) is 13.0 Å². The second-order valence-electron chi connectivity index (χ2n) is 3.18. The highest BCUT2D eigenvalue weighted by atomic mass is 32.1. The van der Waals surface area contributed by atoms with Gasteiger partial charge in [0, 0.05) is 17.8 Å². The first kappa shape index (κ1) is 10.6. The van der Waals surface area contributed by atoms with E-state index in [2.05, 4.69) is 9.97 Å². The van der Waals surface area contributed by atoms with Crippen molar-refractivity contribution in [3.63, 3.8) is 0 Å². The zero-order chi connectivity index (χ0) is 11.7.